The summed E-state index contributed by atoms with van der Waals surface area (Å²) in [4.78, 5) is 11.3. The highest BCUT2D eigenvalue weighted by Crippen LogP contribution is 2.27. The second-order valence-corrected chi connectivity index (χ2v) is 6.60. The van der Waals surface area contributed by atoms with Crippen LogP contribution >= 0.6 is 15.9 Å². The topological polar surface area (TPSA) is 68.3 Å². The van der Waals surface area contributed by atoms with Gasteiger partial charge in [-0.25, -0.2) is 0 Å². The van der Waals surface area contributed by atoms with E-state index in [1.54, 1.807) is 0 Å². The van der Waals surface area contributed by atoms with Crippen LogP contribution in [0.5, 0.6) is 0 Å². The number of carbonyl (C=O) groups excluding carboxylic acids is 1. The molecule has 1 aromatic carbocycles. The second-order valence-electron chi connectivity index (χ2n) is 5.68. The van der Waals surface area contributed by atoms with E-state index in [0.29, 0.717) is 6.54 Å². The zero-order chi connectivity index (χ0) is 14.9. The second kappa shape index (κ2) is 5.58. The molecule has 0 bridgehead atoms. The lowest BCUT2D eigenvalue weighted by Crippen LogP contribution is -2.41. The Bertz CT molecular complexity index is 634. The van der Waals surface area contributed by atoms with Gasteiger partial charge < -0.3 is 15.5 Å². The molecule has 1 unspecified atom stereocenters. The number of hydrogen-bond donors (Lipinski definition) is 2. The van der Waals surface area contributed by atoms with E-state index in [1.807, 2.05) is 45.0 Å². The lowest BCUT2D eigenvalue weighted by atomic mass is 9.92. The van der Waals surface area contributed by atoms with Crippen LogP contribution < -0.4 is 11.1 Å². The van der Waals surface area contributed by atoms with Crippen LogP contribution in [0.3, 0.4) is 0 Å². The van der Waals surface area contributed by atoms with Gasteiger partial charge in [0.1, 0.15) is 11.3 Å². The monoisotopic (exact) mass is 338 g/mol. The van der Waals surface area contributed by atoms with Crippen LogP contribution in [0.15, 0.2) is 33.2 Å². The van der Waals surface area contributed by atoms with Crippen molar-refractivity contribution >= 4 is 32.8 Å². The van der Waals surface area contributed by atoms with Crippen molar-refractivity contribution in [3.8, 4) is 0 Å². The molecule has 2 aromatic rings. The third-order valence-corrected chi connectivity index (χ3v) is 3.93. The number of nitrogens with one attached hydrogen (secondary N) is 1. The highest BCUT2D eigenvalue weighted by molar-refractivity contribution is 9.10. The van der Waals surface area contributed by atoms with Gasteiger partial charge in [0.15, 0.2) is 0 Å². The van der Waals surface area contributed by atoms with Gasteiger partial charge in [-0.15, -0.1) is 0 Å². The first-order valence-electron chi connectivity index (χ1n) is 6.52. The van der Waals surface area contributed by atoms with E-state index in [4.69, 9.17) is 10.2 Å². The number of amides is 1. The fourth-order valence-electron chi connectivity index (χ4n) is 1.84. The predicted molar refractivity (Wildman–Crippen MR) is 83.3 cm³/mol. The van der Waals surface area contributed by atoms with Crippen molar-refractivity contribution in [1.82, 2.24) is 5.32 Å². The molecule has 0 saturated carbocycles. The number of hydrogen-bond acceptors (Lipinski definition) is 3. The number of rotatable bonds is 5. The molecule has 1 heterocycles. The molecule has 0 aliphatic rings. The molecule has 1 atom stereocenters. The minimum atomic E-state index is -0.580. The number of primary amides is 1. The lowest BCUT2D eigenvalue weighted by Gasteiger charge is -2.23. The smallest absolute Gasteiger partial charge is 0.224 e. The average Bonchev–Trinajstić information content (AvgIpc) is 2.78. The zero-order valence-corrected chi connectivity index (χ0v) is 13.5. The molecule has 5 heteroatoms. The number of furan rings is 1. The molecule has 108 valence electrons. The van der Waals surface area contributed by atoms with E-state index in [1.165, 1.54) is 0 Å². The summed E-state index contributed by atoms with van der Waals surface area (Å²) in [5, 5.41) is 4.34. The fraction of sp³-hybridized carbons (Fsp3) is 0.400. The number of nitrogens with two attached hydrogens (primary N) is 1. The Kier molecular flexibility index (Phi) is 4.20. The summed E-state index contributed by atoms with van der Waals surface area (Å²) >= 11 is 3.44. The van der Waals surface area contributed by atoms with Crippen LogP contribution in [0, 0.1) is 5.41 Å². The predicted octanol–water partition coefficient (Wildman–Crippen LogP) is 3.36. The molecule has 0 spiro atoms. The molecule has 1 amide bonds. The molecule has 0 aliphatic carbocycles. The first-order valence-corrected chi connectivity index (χ1v) is 7.31. The number of benzene rings is 1. The van der Waals surface area contributed by atoms with Crippen molar-refractivity contribution in [2.24, 2.45) is 11.1 Å². The molecular weight excluding hydrogens is 320 g/mol. The molecule has 2 rings (SSSR count). The molecule has 0 radical (unpaired) electrons. The van der Waals surface area contributed by atoms with Crippen molar-refractivity contribution in [1.29, 1.82) is 0 Å². The largest absolute Gasteiger partial charge is 0.459 e. The lowest BCUT2D eigenvalue weighted by molar-refractivity contribution is -0.125. The highest BCUT2D eigenvalue weighted by Gasteiger charge is 2.25. The van der Waals surface area contributed by atoms with E-state index in [0.717, 1.165) is 21.2 Å². The molecule has 4 nitrogen and oxygen atoms in total. The van der Waals surface area contributed by atoms with Crippen LogP contribution in [0.1, 0.15) is 32.6 Å². The van der Waals surface area contributed by atoms with Gasteiger partial charge in [-0.3, -0.25) is 4.79 Å². The number of carbonyl (C=O) groups is 1. The summed E-state index contributed by atoms with van der Waals surface area (Å²) in [7, 11) is 0. The third kappa shape index (κ3) is 3.22. The Labute approximate surface area is 126 Å². The summed E-state index contributed by atoms with van der Waals surface area (Å²) in [5.74, 6) is 0.532. The normalized spacial score (nSPS) is 13.6. The minimum Gasteiger partial charge on any atom is -0.459 e. The summed E-state index contributed by atoms with van der Waals surface area (Å²) < 4.78 is 6.83. The van der Waals surface area contributed by atoms with Crippen molar-refractivity contribution < 1.29 is 9.21 Å². The first-order chi connectivity index (χ1) is 9.29. The van der Waals surface area contributed by atoms with Crippen LogP contribution in [0.25, 0.3) is 11.0 Å². The van der Waals surface area contributed by atoms with E-state index in [-0.39, 0.29) is 11.9 Å². The Morgan fingerprint density at radius 2 is 2.15 bits per heavy atom. The van der Waals surface area contributed by atoms with Gasteiger partial charge in [-0.05, 0) is 45.0 Å². The third-order valence-electron chi connectivity index (χ3n) is 3.44. The van der Waals surface area contributed by atoms with Crippen LogP contribution in [0.2, 0.25) is 0 Å². The van der Waals surface area contributed by atoms with Gasteiger partial charge >= 0.3 is 0 Å². The van der Waals surface area contributed by atoms with Crippen LogP contribution in [-0.4, -0.2) is 12.5 Å². The van der Waals surface area contributed by atoms with Crippen molar-refractivity contribution in [3.05, 3.63) is 34.5 Å². The summed E-state index contributed by atoms with van der Waals surface area (Å²) in [6, 6.07) is 7.92. The van der Waals surface area contributed by atoms with Crippen molar-refractivity contribution in [3.63, 3.8) is 0 Å². The number of halogens is 1. The maximum absolute atomic E-state index is 11.3. The van der Waals surface area contributed by atoms with E-state index in [9.17, 15) is 4.79 Å². The molecule has 1 aromatic heterocycles. The summed E-state index contributed by atoms with van der Waals surface area (Å²) in [5.41, 5.74) is 5.64. The SMILES string of the molecule is CC(NCC(C)(C)C(N)=O)c1cc2cc(Br)ccc2o1. The molecule has 0 aliphatic heterocycles. The maximum atomic E-state index is 11.3. The minimum absolute atomic E-state index is 0.0137. The van der Waals surface area contributed by atoms with Gasteiger partial charge in [-0.1, -0.05) is 15.9 Å². The van der Waals surface area contributed by atoms with Gasteiger partial charge in [-0.2, -0.15) is 0 Å². The summed E-state index contributed by atoms with van der Waals surface area (Å²) in [6.45, 7) is 6.16. The summed E-state index contributed by atoms with van der Waals surface area (Å²) in [6.07, 6.45) is 0. The zero-order valence-electron chi connectivity index (χ0n) is 11.9. The Morgan fingerprint density at radius 1 is 1.45 bits per heavy atom. The number of fused-ring (bicyclic) bond motifs is 1. The highest BCUT2D eigenvalue weighted by atomic mass is 79.9. The molecule has 0 fully saturated rings. The Balaban J connectivity index is 2.11. The van der Waals surface area contributed by atoms with E-state index < -0.39 is 5.41 Å². The Morgan fingerprint density at radius 3 is 2.80 bits per heavy atom. The van der Waals surface area contributed by atoms with Gasteiger partial charge in [0, 0.05) is 16.4 Å². The Hall–Kier alpha value is -1.33. The van der Waals surface area contributed by atoms with E-state index in [2.05, 4.69) is 21.2 Å². The molecular formula is C15H19BrN2O2. The van der Waals surface area contributed by atoms with Crippen LogP contribution in [-0.2, 0) is 4.79 Å². The molecule has 3 N–H and O–H groups in total. The van der Waals surface area contributed by atoms with Crippen LogP contribution in [0.4, 0.5) is 0 Å². The van der Waals surface area contributed by atoms with Crippen molar-refractivity contribution in [2.45, 2.75) is 26.8 Å². The quantitative estimate of drug-likeness (QED) is 0.878. The van der Waals surface area contributed by atoms with E-state index >= 15 is 0 Å². The standard InChI is InChI=1S/C15H19BrN2O2/c1-9(18-8-15(2,3)14(17)19)13-7-10-6-11(16)4-5-12(10)20-13/h4-7,9,18H,8H2,1-3H3,(H2,17,19). The first kappa shape index (κ1) is 15.1. The van der Waals surface area contributed by atoms with Gasteiger partial charge in [0.2, 0.25) is 5.91 Å². The van der Waals surface area contributed by atoms with Gasteiger partial charge in [0.25, 0.3) is 0 Å². The maximum Gasteiger partial charge on any atom is 0.224 e. The van der Waals surface area contributed by atoms with Gasteiger partial charge in [0.05, 0.1) is 11.5 Å². The molecule has 0 saturated heterocycles. The molecule has 20 heavy (non-hydrogen) atoms. The van der Waals surface area contributed by atoms with Crippen molar-refractivity contribution in [2.75, 3.05) is 6.54 Å². The fourth-order valence-corrected chi connectivity index (χ4v) is 2.22. The average molecular weight is 339 g/mol.